The van der Waals surface area contributed by atoms with Crippen LogP contribution >= 0.6 is 0 Å². The van der Waals surface area contributed by atoms with Gasteiger partial charge in [-0.25, -0.2) is 17.6 Å². The molecule has 2 fully saturated rings. The molecular weight excluding hydrogens is 335 g/mol. The van der Waals surface area contributed by atoms with Crippen LogP contribution in [-0.2, 0) is 14.6 Å². The van der Waals surface area contributed by atoms with E-state index in [0.29, 0.717) is 13.0 Å². The molecule has 2 N–H and O–H groups in total. The highest BCUT2D eigenvalue weighted by molar-refractivity contribution is 7.91. The number of hydrogen-bond acceptors (Lipinski definition) is 4. The molecule has 2 heterocycles. The summed E-state index contributed by atoms with van der Waals surface area (Å²) in [6, 6.07) is 4.76. The van der Waals surface area contributed by atoms with Crippen molar-refractivity contribution in [3.63, 3.8) is 0 Å². The summed E-state index contributed by atoms with van der Waals surface area (Å²) < 4.78 is 41.8. The van der Waals surface area contributed by atoms with E-state index in [1.165, 1.54) is 12.1 Å². The van der Waals surface area contributed by atoms with Crippen molar-refractivity contribution in [1.29, 1.82) is 0 Å². The summed E-state index contributed by atoms with van der Waals surface area (Å²) in [4.78, 5) is 12.3. The minimum atomic E-state index is -3.05. The molecule has 0 saturated carbocycles. The van der Waals surface area contributed by atoms with Crippen molar-refractivity contribution in [1.82, 2.24) is 10.6 Å². The van der Waals surface area contributed by atoms with Gasteiger partial charge in [0.05, 0.1) is 23.7 Å². The Morgan fingerprint density at radius 1 is 1.25 bits per heavy atom. The van der Waals surface area contributed by atoms with E-state index in [9.17, 15) is 17.6 Å². The highest BCUT2D eigenvalue weighted by atomic mass is 32.2. The molecule has 6 nitrogen and oxygen atoms in total. The number of urea groups is 1. The van der Waals surface area contributed by atoms with Crippen LogP contribution in [0.2, 0.25) is 0 Å². The molecule has 1 aromatic carbocycles. The number of hydrogen-bond donors (Lipinski definition) is 2. The van der Waals surface area contributed by atoms with Crippen molar-refractivity contribution >= 4 is 15.9 Å². The molecule has 132 valence electrons. The number of benzene rings is 1. The molecule has 0 aliphatic carbocycles. The molecule has 3 atom stereocenters. The molecule has 0 radical (unpaired) electrons. The standard InChI is InChI=1S/C16H21FN2O4S/c17-12-5-3-11(4-6-12)15(14-2-1-8-23-14)19-16(20)18-13-7-9-24(21,22)10-13/h3-6,13-15H,1-2,7-10H2,(H2,18,19,20). The lowest BCUT2D eigenvalue weighted by atomic mass is 9.99. The average Bonchev–Trinajstić information content (AvgIpc) is 3.16. The van der Waals surface area contributed by atoms with Crippen molar-refractivity contribution in [2.75, 3.05) is 18.1 Å². The van der Waals surface area contributed by atoms with Crippen molar-refractivity contribution < 1.29 is 22.3 Å². The number of carbonyl (C=O) groups is 1. The second-order valence-corrected chi connectivity index (χ2v) is 8.53. The van der Waals surface area contributed by atoms with Crippen LogP contribution in [0.3, 0.4) is 0 Å². The van der Waals surface area contributed by atoms with Crippen LogP contribution < -0.4 is 10.6 Å². The topological polar surface area (TPSA) is 84.5 Å². The lowest BCUT2D eigenvalue weighted by molar-refractivity contribution is 0.0806. The first-order valence-electron chi connectivity index (χ1n) is 8.07. The van der Waals surface area contributed by atoms with E-state index in [-0.39, 0.29) is 29.5 Å². The lowest BCUT2D eigenvalue weighted by Crippen LogP contribution is -2.46. The van der Waals surface area contributed by atoms with Gasteiger partial charge in [0.25, 0.3) is 0 Å². The quantitative estimate of drug-likeness (QED) is 0.857. The fraction of sp³-hybridized carbons (Fsp3) is 0.562. The van der Waals surface area contributed by atoms with Crippen molar-refractivity contribution in [2.45, 2.75) is 37.5 Å². The molecular formula is C16H21FN2O4S. The summed E-state index contributed by atoms with van der Waals surface area (Å²) in [5.74, 6) is -0.266. The van der Waals surface area contributed by atoms with Crippen LogP contribution in [0.15, 0.2) is 24.3 Å². The van der Waals surface area contributed by atoms with Crippen LogP contribution in [0.5, 0.6) is 0 Å². The number of nitrogens with one attached hydrogen (secondary N) is 2. The zero-order valence-electron chi connectivity index (χ0n) is 13.2. The van der Waals surface area contributed by atoms with E-state index in [1.807, 2.05) is 0 Å². The van der Waals surface area contributed by atoms with Crippen LogP contribution in [0, 0.1) is 5.82 Å². The zero-order valence-corrected chi connectivity index (χ0v) is 14.0. The minimum absolute atomic E-state index is 0.0262. The summed E-state index contributed by atoms with van der Waals surface area (Å²) in [6.07, 6.45) is 1.97. The molecule has 2 aliphatic rings. The Hall–Kier alpha value is -1.67. The second-order valence-electron chi connectivity index (χ2n) is 6.30. The molecule has 2 aliphatic heterocycles. The Morgan fingerprint density at radius 3 is 2.58 bits per heavy atom. The van der Waals surface area contributed by atoms with Gasteiger partial charge in [-0.05, 0) is 37.0 Å². The van der Waals surface area contributed by atoms with Crippen LogP contribution in [-0.4, -0.2) is 44.7 Å². The summed E-state index contributed by atoms with van der Waals surface area (Å²) in [7, 11) is -3.05. The number of amides is 2. The smallest absolute Gasteiger partial charge is 0.315 e. The minimum Gasteiger partial charge on any atom is -0.376 e. The van der Waals surface area contributed by atoms with Gasteiger partial charge in [-0.2, -0.15) is 0 Å². The van der Waals surface area contributed by atoms with Crippen LogP contribution in [0.25, 0.3) is 0 Å². The first-order chi connectivity index (χ1) is 11.4. The Bertz CT molecular complexity index is 687. The zero-order chi connectivity index (χ0) is 17.2. The third-order valence-corrected chi connectivity index (χ3v) is 6.19. The molecule has 2 saturated heterocycles. The lowest BCUT2D eigenvalue weighted by Gasteiger charge is -2.25. The highest BCUT2D eigenvalue weighted by Crippen LogP contribution is 2.27. The van der Waals surface area contributed by atoms with Gasteiger partial charge in [0.1, 0.15) is 5.82 Å². The fourth-order valence-electron chi connectivity index (χ4n) is 3.20. The Labute approximate surface area is 140 Å². The number of rotatable bonds is 4. The summed E-state index contributed by atoms with van der Waals surface area (Å²) >= 11 is 0. The van der Waals surface area contributed by atoms with E-state index in [2.05, 4.69) is 10.6 Å². The maximum atomic E-state index is 13.1. The van der Waals surface area contributed by atoms with E-state index < -0.39 is 21.9 Å². The third-order valence-electron chi connectivity index (χ3n) is 4.42. The van der Waals surface area contributed by atoms with E-state index in [0.717, 1.165) is 18.4 Å². The Kier molecular flexibility index (Phi) is 5.05. The number of halogens is 1. The molecule has 1 aromatic rings. The number of sulfone groups is 1. The normalized spacial score (nSPS) is 26.9. The van der Waals surface area contributed by atoms with E-state index >= 15 is 0 Å². The maximum absolute atomic E-state index is 13.1. The number of ether oxygens (including phenoxy) is 1. The summed E-state index contributed by atoms with van der Waals surface area (Å²) in [5.41, 5.74) is 0.762. The molecule has 0 aromatic heterocycles. The largest absolute Gasteiger partial charge is 0.376 e. The first kappa shape index (κ1) is 17.2. The van der Waals surface area contributed by atoms with Gasteiger partial charge in [-0.1, -0.05) is 12.1 Å². The van der Waals surface area contributed by atoms with Gasteiger partial charge in [-0.3, -0.25) is 0 Å². The van der Waals surface area contributed by atoms with Gasteiger partial charge >= 0.3 is 6.03 Å². The molecule has 8 heteroatoms. The summed E-state index contributed by atoms with van der Waals surface area (Å²) in [6.45, 7) is 0.631. The van der Waals surface area contributed by atoms with Crippen LogP contribution in [0.4, 0.5) is 9.18 Å². The van der Waals surface area contributed by atoms with Gasteiger partial charge in [0.15, 0.2) is 9.84 Å². The van der Waals surface area contributed by atoms with E-state index in [1.54, 1.807) is 12.1 Å². The van der Waals surface area contributed by atoms with Crippen LogP contribution in [0.1, 0.15) is 30.9 Å². The summed E-state index contributed by atoms with van der Waals surface area (Å²) in [5, 5.41) is 5.57. The predicted molar refractivity (Wildman–Crippen MR) is 86.8 cm³/mol. The molecule has 0 bridgehead atoms. The van der Waals surface area contributed by atoms with Gasteiger partial charge in [-0.15, -0.1) is 0 Å². The van der Waals surface area contributed by atoms with Gasteiger partial charge < -0.3 is 15.4 Å². The monoisotopic (exact) mass is 356 g/mol. The third kappa shape index (κ3) is 4.24. The Balaban J connectivity index is 1.67. The highest BCUT2D eigenvalue weighted by Gasteiger charge is 2.32. The second kappa shape index (κ2) is 7.06. The number of carbonyl (C=O) groups excluding carboxylic acids is 1. The molecule has 2 amide bonds. The van der Waals surface area contributed by atoms with Crippen molar-refractivity contribution in [3.8, 4) is 0 Å². The fourth-order valence-corrected chi connectivity index (χ4v) is 4.88. The molecule has 24 heavy (non-hydrogen) atoms. The SMILES string of the molecule is O=C(NC1CCS(=O)(=O)C1)NC(c1ccc(F)cc1)C1CCCO1. The maximum Gasteiger partial charge on any atom is 0.315 e. The first-order valence-corrected chi connectivity index (χ1v) is 9.90. The van der Waals surface area contributed by atoms with Gasteiger partial charge in [0, 0.05) is 12.6 Å². The van der Waals surface area contributed by atoms with Gasteiger partial charge in [0.2, 0.25) is 0 Å². The van der Waals surface area contributed by atoms with Crippen molar-refractivity contribution in [3.05, 3.63) is 35.6 Å². The molecule has 0 spiro atoms. The van der Waals surface area contributed by atoms with Crippen molar-refractivity contribution in [2.24, 2.45) is 0 Å². The Morgan fingerprint density at radius 2 is 2.00 bits per heavy atom. The average molecular weight is 356 g/mol. The van der Waals surface area contributed by atoms with E-state index in [4.69, 9.17) is 4.74 Å². The molecule has 3 unspecified atom stereocenters. The molecule has 3 rings (SSSR count). The predicted octanol–water partition coefficient (Wildman–Crippen LogP) is 1.53.